The number of hydrogen-bond acceptors (Lipinski definition) is 3. The maximum absolute atomic E-state index is 11.4. The lowest BCUT2D eigenvalue weighted by Crippen LogP contribution is -2.07. The molecule has 82 valence electrons. The lowest BCUT2D eigenvalue weighted by Gasteiger charge is -2.06. The Balaban J connectivity index is 1.75. The molecule has 1 heterocycles. The van der Waals surface area contributed by atoms with E-state index in [0.717, 1.165) is 36.6 Å². The van der Waals surface area contributed by atoms with Crippen LogP contribution in [-0.4, -0.2) is 21.1 Å². The molecule has 4 heteroatoms. The number of aromatic nitrogens is 2. The van der Waals surface area contributed by atoms with Crippen LogP contribution in [0, 0.1) is 5.92 Å². The normalized spacial score (nSPS) is 21.1. The Labute approximate surface area is 94.3 Å². The highest BCUT2D eigenvalue weighted by molar-refractivity contribution is 7.99. The molecule has 0 bridgehead atoms. The van der Waals surface area contributed by atoms with Crippen LogP contribution < -0.4 is 0 Å². The van der Waals surface area contributed by atoms with Crippen LogP contribution in [0.1, 0.15) is 25.7 Å². The first-order chi connectivity index (χ1) is 7.27. The van der Waals surface area contributed by atoms with Crippen molar-refractivity contribution in [3.63, 3.8) is 0 Å². The summed E-state index contributed by atoms with van der Waals surface area (Å²) in [4.78, 5) is 15.6. The van der Waals surface area contributed by atoms with Crippen LogP contribution >= 0.6 is 11.8 Å². The van der Waals surface area contributed by atoms with Crippen LogP contribution in [0.25, 0.3) is 0 Å². The monoisotopic (exact) mass is 224 g/mol. The van der Waals surface area contributed by atoms with E-state index in [0.29, 0.717) is 11.7 Å². The fourth-order valence-corrected chi connectivity index (χ4v) is 2.96. The predicted molar refractivity (Wildman–Crippen MR) is 60.9 cm³/mol. The van der Waals surface area contributed by atoms with E-state index in [9.17, 15) is 4.79 Å². The third kappa shape index (κ3) is 2.62. The topological polar surface area (TPSA) is 34.9 Å². The summed E-state index contributed by atoms with van der Waals surface area (Å²) < 4.78 is 2.02. The minimum absolute atomic E-state index is 0.331. The van der Waals surface area contributed by atoms with E-state index in [4.69, 9.17) is 0 Å². The lowest BCUT2D eigenvalue weighted by atomic mass is 10.1. The zero-order chi connectivity index (χ0) is 10.7. The van der Waals surface area contributed by atoms with Crippen molar-refractivity contribution < 1.29 is 4.79 Å². The molecule has 1 aromatic heterocycles. The molecule has 0 amide bonds. The molecule has 1 aromatic rings. The van der Waals surface area contributed by atoms with Gasteiger partial charge in [0, 0.05) is 37.5 Å². The molecular weight excluding hydrogens is 208 g/mol. The molecule has 0 aliphatic heterocycles. The fourth-order valence-electron chi connectivity index (χ4n) is 1.98. The third-order valence-electron chi connectivity index (χ3n) is 2.91. The van der Waals surface area contributed by atoms with Gasteiger partial charge in [-0.15, -0.1) is 0 Å². The van der Waals surface area contributed by atoms with Gasteiger partial charge in [0.2, 0.25) is 0 Å². The van der Waals surface area contributed by atoms with Crippen molar-refractivity contribution in [3.05, 3.63) is 12.4 Å². The van der Waals surface area contributed by atoms with Gasteiger partial charge in [0.15, 0.2) is 5.16 Å². The first-order valence-electron chi connectivity index (χ1n) is 5.40. The van der Waals surface area contributed by atoms with E-state index in [1.807, 2.05) is 24.0 Å². The Hall–Kier alpha value is -0.770. The number of imidazole rings is 1. The van der Waals surface area contributed by atoms with Crippen LogP contribution in [0.5, 0.6) is 0 Å². The maximum atomic E-state index is 11.4. The number of ketones is 1. The average molecular weight is 224 g/mol. The molecule has 0 aromatic carbocycles. The molecule has 15 heavy (non-hydrogen) atoms. The summed E-state index contributed by atoms with van der Waals surface area (Å²) in [5.41, 5.74) is 0. The number of carbonyl (C=O) groups is 1. The quantitative estimate of drug-likeness (QED) is 0.736. The highest BCUT2D eigenvalue weighted by Gasteiger charge is 2.23. The van der Waals surface area contributed by atoms with Crippen molar-refractivity contribution in [1.29, 1.82) is 0 Å². The summed E-state index contributed by atoms with van der Waals surface area (Å²) >= 11 is 1.74. The molecule has 1 aliphatic rings. The molecule has 1 aliphatic carbocycles. The largest absolute Gasteiger partial charge is 0.329 e. The van der Waals surface area contributed by atoms with Gasteiger partial charge in [-0.2, -0.15) is 0 Å². The van der Waals surface area contributed by atoms with Crippen LogP contribution in [0.4, 0.5) is 0 Å². The lowest BCUT2D eigenvalue weighted by molar-refractivity contribution is -0.120. The summed E-state index contributed by atoms with van der Waals surface area (Å²) in [6.07, 6.45) is 7.76. The van der Waals surface area contributed by atoms with Crippen molar-refractivity contribution in [2.45, 2.75) is 30.8 Å². The SMILES string of the molecule is Cn1ccnc1SCCC1CCCC1=O. The highest BCUT2D eigenvalue weighted by atomic mass is 32.2. The second-order valence-electron chi connectivity index (χ2n) is 4.01. The number of hydrogen-bond donors (Lipinski definition) is 0. The third-order valence-corrected chi connectivity index (χ3v) is 4.00. The van der Waals surface area contributed by atoms with Crippen LogP contribution in [0.15, 0.2) is 17.6 Å². The molecule has 1 unspecified atom stereocenters. The van der Waals surface area contributed by atoms with Crippen molar-refractivity contribution in [3.8, 4) is 0 Å². The second kappa shape index (κ2) is 4.84. The van der Waals surface area contributed by atoms with Gasteiger partial charge in [-0.05, 0) is 19.3 Å². The van der Waals surface area contributed by atoms with Crippen molar-refractivity contribution in [2.24, 2.45) is 13.0 Å². The van der Waals surface area contributed by atoms with E-state index >= 15 is 0 Å². The Morgan fingerprint density at radius 1 is 1.67 bits per heavy atom. The second-order valence-corrected chi connectivity index (χ2v) is 5.08. The van der Waals surface area contributed by atoms with Crippen molar-refractivity contribution in [2.75, 3.05) is 5.75 Å². The first-order valence-corrected chi connectivity index (χ1v) is 6.39. The molecule has 1 fully saturated rings. The molecule has 3 nitrogen and oxygen atoms in total. The zero-order valence-electron chi connectivity index (χ0n) is 8.98. The molecule has 1 atom stereocenters. The summed E-state index contributed by atoms with van der Waals surface area (Å²) in [7, 11) is 2.00. The molecule has 1 saturated carbocycles. The zero-order valence-corrected chi connectivity index (χ0v) is 9.80. The number of Topliss-reactive ketones (excluding diaryl/α,β-unsaturated/α-hetero) is 1. The smallest absolute Gasteiger partial charge is 0.167 e. The number of nitrogens with zero attached hydrogens (tertiary/aromatic N) is 2. The molecular formula is C11H16N2OS. The van der Waals surface area contributed by atoms with Gasteiger partial charge in [-0.3, -0.25) is 4.79 Å². The van der Waals surface area contributed by atoms with Crippen LogP contribution in [-0.2, 0) is 11.8 Å². The van der Waals surface area contributed by atoms with E-state index < -0.39 is 0 Å². The van der Waals surface area contributed by atoms with Gasteiger partial charge in [-0.1, -0.05) is 11.8 Å². The molecule has 0 N–H and O–H groups in total. The highest BCUT2D eigenvalue weighted by Crippen LogP contribution is 2.27. The Morgan fingerprint density at radius 3 is 3.13 bits per heavy atom. The fraction of sp³-hybridized carbons (Fsp3) is 0.636. The molecule has 0 spiro atoms. The van der Waals surface area contributed by atoms with Crippen LogP contribution in [0.3, 0.4) is 0 Å². The summed E-state index contributed by atoms with van der Waals surface area (Å²) in [5.74, 6) is 1.80. The van der Waals surface area contributed by atoms with Gasteiger partial charge in [0.25, 0.3) is 0 Å². The average Bonchev–Trinajstić information content (AvgIpc) is 2.78. The summed E-state index contributed by atoms with van der Waals surface area (Å²) in [5, 5.41) is 1.04. The minimum atomic E-state index is 0.331. The number of rotatable bonds is 4. The van der Waals surface area contributed by atoms with E-state index in [1.165, 1.54) is 0 Å². The van der Waals surface area contributed by atoms with Gasteiger partial charge in [-0.25, -0.2) is 4.98 Å². The molecule has 0 saturated heterocycles. The standard InChI is InChI=1S/C11H16N2OS/c1-13-7-6-12-11(13)15-8-5-9-3-2-4-10(9)14/h6-7,9H,2-5,8H2,1H3. The number of aryl methyl sites for hydroxylation is 1. The van der Waals surface area contributed by atoms with Gasteiger partial charge < -0.3 is 4.57 Å². The van der Waals surface area contributed by atoms with E-state index in [-0.39, 0.29) is 0 Å². The Morgan fingerprint density at radius 2 is 2.53 bits per heavy atom. The van der Waals surface area contributed by atoms with Crippen molar-refractivity contribution in [1.82, 2.24) is 9.55 Å². The molecule has 0 radical (unpaired) electrons. The van der Waals surface area contributed by atoms with Crippen molar-refractivity contribution >= 4 is 17.5 Å². The summed E-state index contributed by atoms with van der Waals surface area (Å²) in [6, 6.07) is 0. The van der Waals surface area contributed by atoms with Gasteiger partial charge in [0.05, 0.1) is 0 Å². The van der Waals surface area contributed by atoms with E-state index in [1.54, 1.807) is 11.8 Å². The maximum Gasteiger partial charge on any atom is 0.167 e. The van der Waals surface area contributed by atoms with Gasteiger partial charge in [0.1, 0.15) is 5.78 Å². The summed E-state index contributed by atoms with van der Waals surface area (Å²) in [6.45, 7) is 0. The first kappa shape index (κ1) is 10.7. The Bertz CT molecular complexity index is 348. The van der Waals surface area contributed by atoms with Crippen LogP contribution in [0.2, 0.25) is 0 Å². The van der Waals surface area contributed by atoms with E-state index in [2.05, 4.69) is 4.98 Å². The molecule has 2 rings (SSSR count). The Kier molecular flexibility index (Phi) is 3.46. The predicted octanol–water partition coefficient (Wildman–Crippen LogP) is 2.27. The number of thioether (sulfide) groups is 1. The minimum Gasteiger partial charge on any atom is -0.329 e. The van der Waals surface area contributed by atoms with Gasteiger partial charge >= 0.3 is 0 Å². The number of carbonyl (C=O) groups excluding carboxylic acids is 1.